The second-order valence-electron chi connectivity index (χ2n) is 3.69. The molecule has 0 atom stereocenters. The fourth-order valence-electron chi connectivity index (χ4n) is 1.44. The third kappa shape index (κ3) is 3.52. The van der Waals surface area contributed by atoms with Gasteiger partial charge in [0.2, 0.25) is 0 Å². The van der Waals surface area contributed by atoms with E-state index in [4.69, 9.17) is 15.3 Å². The second kappa shape index (κ2) is 6.09. The minimum atomic E-state index is -1.96. The van der Waals surface area contributed by atoms with Crippen molar-refractivity contribution in [3.05, 3.63) is 0 Å². The van der Waals surface area contributed by atoms with Crippen molar-refractivity contribution in [3.63, 3.8) is 0 Å². The third-order valence-electron chi connectivity index (χ3n) is 2.54. The zero-order valence-electron chi connectivity index (χ0n) is 9.10. The van der Waals surface area contributed by atoms with E-state index < -0.39 is 29.7 Å². The molecular weight excluding hydrogens is 216 g/mol. The lowest BCUT2D eigenvalue weighted by molar-refractivity contribution is -0.166. The summed E-state index contributed by atoms with van der Waals surface area (Å²) >= 11 is 0. The van der Waals surface area contributed by atoms with Crippen LogP contribution in [0.15, 0.2) is 0 Å². The summed E-state index contributed by atoms with van der Waals surface area (Å²) in [6.45, 7) is 1.81. The number of hydrogen-bond donors (Lipinski definition) is 3. The van der Waals surface area contributed by atoms with Crippen molar-refractivity contribution in [2.45, 2.75) is 39.0 Å². The largest absolute Gasteiger partial charge is 0.481 e. The molecule has 3 N–H and O–H groups in total. The highest BCUT2D eigenvalue weighted by Crippen LogP contribution is 2.31. The smallest absolute Gasteiger partial charge is 0.321 e. The molecule has 92 valence electrons. The summed E-state index contributed by atoms with van der Waals surface area (Å²) in [6.07, 6.45) is 0.227. The van der Waals surface area contributed by atoms with Crippen molar-refractivity contribution in [1.82, 2.24) is 0 Å². The fourth-order valence-corrected chi connectivity index (χ4v) is 1.44. The van der Waals surface area contributed by atoms with E-state index in [-0.39, 0.29) is 12.8 Å². The van der Waals surface area contributed by atoms with Crippen LogP contribution in [0.1, 0.15) is 39.0 Å². The minimum absolute atomic E-state index is 0.0402. The average molecular weight is 232 g/mol. The topological polar surface area (TPSA) is 112 Å². The summed E-state index contributed by atoms with van der Waals surface area (Å²) in [7, 11) is 0. The summed E-state index contributed by atoms with van der Waals surface area (Å²) in [5, 5.41) is 26.4. The lowest BCUT2D eigenvalue weighted by Gasteiger charge is -2.23. The van der Waals surface area contributed by atoms with Crippen LogP contribution in [-0.2, 0) is 14.4 Å². The zero-order valence-corrected chi connectivity index (χ0v) is 9.10. The number of carboxylic acid groups (broad SMARTS) is 3. The van der Waals surface area contributed by atoms with Crippen LogP contribution in [0, 0.1) is 5.41 Å². The van der Waals surface area contributed by atoms with Crippen molar-refractivity contribution >= 4 is 17.9 Å². The van der Waals surface area contributed by atoms with Crippen molar-refractivity contribution < 1.29 is 29.7 Å². The Labute approximate surface area is 92.9 Å². The van der Waals surface area contributed by atoms with Gasteiger partial charge in [-0.1, -0.05) is 19.8 Å². The fraction of sp³-hybridized carbons (Fsp3) is 0.700. The first kappa shape index (κ1) is 14.4. The molecule has 0 bridgehead atoms. The number of carboxylic acids is 3. The molecule has 0 aromatic heterocycles. The highest BCUT2D eigenvalue weighted by Gasteiger charge is 2.45. The molecule has 16 heavy (non-hydrogen) atoms. The van der Waals surface area contributed by atoms with E-state index in [0.29, 0.717) is 12.8 Å². The molecule has 0 aliphatic heterocycles. The highest BCUT2D eigenvalue weighted by molar-refractivity contribution is 5.98. The molecular formula is C10H16O6. The molecule has 0 heterocycles. The van der Waals surface area contributed by atoms with Gasteiger partial charge in [-0.05, 0) is 12.8 Å². The van der Waals surface area contributed by atoms with Crippen LogP contribution in [0.2, 0.25) is 0 Å². The molecule has 0 rings (SSSR count). The number of aliphatic carboxylic acids is 3. The van der Waals surface area contributed by atoms with E-state index in [1.54, 1.807) is 0 Å². The van der Waals surface area contributed by atoms with Crippen molar-refractivity contribution in [2.75, 3.05) is 0 Å². The summed E-state index contributed by atoms with van der Waals surface area (Å²) in [5.41, 5.74) is -1.96. The van der Waals surface area contributed by atoms with Crippen LogP contribution in [0.4, 0.5) is 0 Å². The standard InChI is InChI=1S/C10H16O6/c1-2-3-5-10(8(13)14,9(15)16)6-4-7(11)12/h2-6H2,1H3,(H,11,12)(H,13,14)(H,15,16). The molecule has 6 nitrogen and oxygen atoms in total. The maximum atomic E-state index is 11.0. The van der Waals surface area contributed by atoms with Gasteiger partial charge in [0.1, 0.15) is 0 Å². The van der Waals surface area contributed by atoms with Crippen LogP contribution in [0.25, 0.3) is 0 Å². The summed E-state index contributed by atoms with van der Waals surface area (Å²) in [4.78, 5) is 32.4. The number of rotatable bonds is 8. The predicted octanol–water partition coefficient (Wildman–Crippen LogP) is 1.20. The zero-order chi connectivity index (χ0) is 12.8. The highest BCUT2D eigenvalue weighted by atomic mass is 16.4. The summed E-state index contributed by atoms with van der Waals surface area (Å²) < 4.78 is 0. The lowest BCUT2D eigenvalue weighted by atomic mass is 9.78. The van der Waals surface area contributed by atoms with E-state index in [9.17, 15) is 14.4 Å². The third-order valence-corrected chi connectivity index (χ3v) is 2.54. The Hall–Kier alpha value is -1.59. The van der Waals surface area contributed by atoms with Gasteiger partial charge in [-0.2, -0.15) is 0 Å². The molecule has 0 saturated carbocycles. The first-order valence-corrected chi connectivity index (χ1v) is 5.05. The first-order valence-electron chi connectivity index (χ1n) is 5.05. The first-order chi connectivity index (χ1) is 7.36. The van der Waals surface area contributed by atoms with Gasteiger partial charge in [0.25, 0.3) is 0 Å². The van der Waals surface area contributed by atoms with Gasteiger partial charge in [0, 0.05) is 6.42 Å². The van der Waals surface area contributed by atoms with E-state index in [2.05, 4.69) is 0 Å². The molecule has 0 aromatic rings. The Bertz CT molecular complexity index is 269. The van der Waals surface area contributed by atoms with Crippen LogP contribution in [0.3, 0.4) is 0 Å². The van der Waals surface area contributed by atoms with Crippen molar-refractivity contribution in [1.29, 1.82) is 0 Å². The van der Waals surface area contributed by atoms with E-state index >= 15 is 0 Å². The molecule has 0 spiro atoms. The lowest BCUT2D eigenvalue weighted by Crippen LogP contribution is -2.39. The monoisotopic (exact) mass is 232 g/mol. The Kier molecular flexibility index (Phi) is 5.49. The maximum Gasteiger partial charge on any atom is 0.321 e. The second-order valence-corrected chi connectivity index (χ2v) is 3.69. The number of hydrogen-bond acceptors (Lipinski definition) is 3. The molecule has 0 amide bonds. The van der Waals surface area contributed by atoms with Crippen LogP contribution in [-0.4, -0.2) is 33.2 Å². The van der Waals surface area contributed by atoms with Gasteiger partial charge < -0.3 is 15.3 Å². The minimum Gasteiger partial charge on any atom is -0.481 e. The Balaban J connectivity index is 4.86. The summed E-state index contributed by atoms with van der Waals surface area (Å²) in [5.74, 6) is -4.12. The molecule has 0 saturated heterocycles. The predicted molar refractivity (Wildman–Crippen MR) is 54.1 cm³/mol. The van der Waals surface area contributed by atoms with E-state index in [0.717, 1.165) is 0 Å². The van der Waals surface area contributed by atoms with Gasteiger partial charge >= 0.3 is 17.9 Å². The van der Waals surface area contributed by atoms with Crippen LogP contribution >= 0.6 is 0 Å². The Morgan fingerprint density at radius 1 is 1.00 bits per heavy atom. The van der Waals surface area contributed by atoms with Gasteiger partial charge in [-0.3, -0.25) is 14.4 Å². The molecule has 6 heteroatoms. The number of carbonyl (C=O) groups is 3. The quantitative estimate of drug-likeness (QED) is 0.542. The van der Waals surface area contributed by atoms with Gasteiger partial charge in [-0.25, -0.2) is 0 Å². The summed E-state index contributed by atoms with van der Waals surface area (Å²) in [6, 6.07) is 0. The molecule has 0 fully saturated rings. The van der Waals surface area contributed by atoms with Crippen molar-refractivity contribution in [3.8, 4) is 0 Å². The Morgan fingerprint density at radius 2 is 1.50 bits per heavy atom. The Morgan fingerprint density at radius 3 is 1.81 bits per heavy atom. The van der Waals surface area contributed by atoms with Gasteiger partial charge in [-0.15, -0.1) is 0 Å². The molecule has 0 unspecified atom stereocenters. The van der Waals surface area contributed by atoms with Gasteiger partial charge in [0.05, 0.1) is 0 Å². The van der Waals surface area contributed by atoms with E-state index in [1.165, 1.54) is 0 Å². The molecule has 0 aliphatic rings. The van der Waals surface area contributed by atoms with E-state index in [1.807, 2.05) is 6.92 Å². The SMILES string of the molecule is CCCCC(CCC(=O)O)(C(=O)O)C(=O)O. The molecule has 0 radical (unpaired) electrons. The van der Waals surface area contributed by atoms with Crippen LogP contribution < -0.4 is 0 Å². The maximum absolute atomic E-state index is 11.0. The van der Waals surface area contributed by atoms with Crippen LogP contribution in [0.5, 0.6) is 0 Å². The molecule has 0 aromatic carbocycles. The number of unbranched alkanes of at least 4 members (excludes halogenated alkanes) is 1. The molecule has 0 aliphatic carbocycles. The normalized spacial score (nSPS) is 11.1. The average Bonchev–Trinajstić information content (AvgIpc) is 2.17. The van der Waals surface area contributed by atoms with Crippen molar-refractivity contribution in [2.24, 2.45) is 5.41 Å². The van der Waals surface area contributed by atoms with Gasteiger partial charge in [0.15, 0.2) is 5.41 Å².